The number of aromatic amines is 1. The first-order valence-corrected chi connectivity index (χ1v) is 10.6. The number of hydrogen-bond donors (Lipinski definition) is 2. The Bertz CT molecular complexity index is 1440. The van der Waals surface area contributed by atoms with Crippen molar-refractivity contribution in [2.75, 3.05) is 17.0 Å². The van der Waals surface area contributed by atoms with Gasteiger partial charge in [0, 0.05) is 17.4 Å². The van der Waals surface area contributed by atoms with Gasteiger partial charge in [-0.1, -0.05) is 30.3 Å². The van der Waals surface area contributed by atoms with E-state index in [4.69, 9.17) is 9.47 Å². The van der Waals surface area contributed by atoms with Crippen LogP contribution in [0.5, 0.6) is 11.5 Å². The van der Waals surface area contributed by atoms with Crippen LogP contribution in [0.15, 0.2) is 77.6 Å². The van der Waals surface area contributed by atoms with Gasteiger partial charge in [0.25, 0.3) is 11.5 Å². The van der Waals surface area contributed by atoms with Crippen molar-refractivity contribution in [3.05, 3.63) is 100.0 Å². The van der Waals surface area contributed by atoms with E-state index in [1.165, 1.54) is 4.68 Å². The molecule has 6 rings (SSSR count). The smallest absolute Gasteiger partial charge is 0.278 e. The molecule has 0 saturated heterocycles. The van der Waals surface area contributed by atoms with Gasteiger partial charge in [-0.2, -0.15) is 0 Å². The Morgan fingerprint density at radius 1 is 0.879 bits per heavy atom. The fourth-order valence-electron chi connectivity index (χ4n) is 4.40. The topological polar surface area (TPSA) is 88.6 Å². The van der Waals surface area contributed by atoms with Crippen LogP contribution >= 0.6 is 0 Å². The summed E-state index contributed by atoms with van der Waals surface area (Å²) in [7, 11) is 0. The molecule has 3 aromatic carbocycles. The molecule has 1 atom stereocenters. The van der Waals surface area contributed by atoms with E-state index < -0.39 is 6.17 Å². The minimum atomic E-state index is -0.721. The van der Waals surface area contributed by atoms with Gasteiger partial charge >= 0.3 is 0 Å². The van der Waals surface area contributed by atoms with Crippen molar-refractivity contribution >= 4 is 17.3 Å². The standard InChI is InChI=1S/C25H20N4O4/c1-15-22(25(31)29(27-15)16-7-3-2-4-8-16)23-26-19-10-6-5-9-18(19)24(30)28(23)17-11-12-20-21(13-17)33-14-32-20/h2-13,23,26-27H,14H2,1H3. The van der Waals surface area contributed by atoms with E-state index in [1.807, 2.05) is 55.5 Å². The third-order valence-corrected chi connectivity index (χ3v) is 5.97. The lowest BCUT2D eigenvalue weighted by atomic mass is 10.0. The molecule has 8 nitrogen and oxygen atoms in total. The lowest BCUT2D eigenvalue weighted by molar-refractivity contribution is 0.0974. The molecule has 8 heteroatoms. The normalized spacial score (nSPS) is 16.5. The summed E-state index contributed by atoms with van der Waals surface area (Å²) in [6, 6.07) is 22.0. The average Bonchev–Trinajstić information content (AvgIpc) is 3.42. The first-order chi connectivity index (χ1) is 16.1. The summed E-state index contributed by atoms with van der Waals surface area (Å²) in [5, 5.41) is 6.57. The summed E-state index contributed by atoms with van der Waals surface area (Å²) in [6.07, 6.45) is -0.721. The van der Waals surface area contributed by atoms with Crippen LogP contribution in [-0.2, 0) is 0 Å². The van der Waals surface area contributed by atoms with E-state index in [1.54, 1.807) is 29.2 Å². The molecule has 0 spiro atoms. The van der Waals surface area contributed by atoms with Crippen molar-refractivity contribution in [3.8, 4) is 17.2 Å². The summed E-state index contributed by atoms with van der Waals surface area (Å²) in [5.41, 5.74) is 3.42. The van der Waals surface area contributed by atoms with Crippen LogP contribution in [0.2, 0.25) is 0 Å². The van der Waals surface area contributed by atoms with E-state index in [9.17, 15) is 9.59 Å². The van der Waals surface area contributed by atoms with Crippen LogP contribution < -0.4 is 25.2 Å². The molecule has 33 heavy (non-hydrogen) atoms. The molecule has 3 heterocycles. The maximum Gasteiger partial charge on any atom is 0.278 e. The maximum absolute atomic E-state index is 13.7. The van der Waals surface area contributed by atoms with Gasteiger partial charge in [-0.05, 0) is 43.3 Å². The Kier molecular flexibility index (Phi) is 4.26. The summed E-state index contributed by atoms with van der Waals surface area (Å²) >= 11 is 0. The molecule has 0 fully saturated rings. The monoisotopic (exact) mass is 440 g/mol. The molecule has 1 aromatic heterocycles. The van der Waals surface area contributed by atoms with Crippen molar-refractivity contribution in [1.29, 1.82) is 0 Å². The number of fused-ring (bicyclic) bond motifs is 2. The second kappa shape index (κ2) is 7.30. The number of nitrogens with zero attached hydrogens (tertiary/aromatic N) is 2. The maximum atomic E-state index is 13.7. The lowest BCUT2D eigenvalue weighted by Gasteiger charge is -2.37. The van der Waals surface area contributed by atoms with Gasteiger partial charge in [-0.3, -0.25) is 19.6 Å². The van der Waals surface area contributed by atoms with Crippen molar-refractivity contribution < 1.29 is 14.3 Å². The van der Waals surface area contributed by atoms with Crippen LogP contribution in [0.25, 0.3) is 5.69 Å². The van der Waals surface area contributed by atoms with Gasteiger partial charge < -0.3 is 14.8 Å². The zero-order valence-corrected chi connectivity index (χ0v) is 17.7. The molecule has 0 aliphatic carbocycles. The Balaban J connectivity index is 1.53. The fraction of sp³-hybridized carbons (Fsp3) is 0.120. The molecule has 2 aliphatic heterocycles. The SMILES string of the molecule is Cc1[nH]n(-c2ccccc2)c(=O)c1C1Nc2ccccc2C(=O)N1c1ccc2c(c1)OCO2. The molecule has 1 unspecified atom stereocenters. The number of anilines is 2. The highest BCUT2D eigenvalue weighted by Crippen LogP contribution is 2.41. The predicted molar refractivity (Wildman–Crippen MR) is 123 cm³/mol. The first-order valence-electron chi connectivity index (χ1n) is 10.6. The summed E-state index contributed by atoms with van der Waals surface area (Å²) in [4.78, 5) is 28.9. The Hall–Kier alpha value is -4.46. The molecular weight excluding hydrogens is 420 g/mol. The minimum Gasteiger partial charge on any atom is -0.454 e. The van der Waals surface area contributed by atoms with Gasteiger partial charge in [-0.25, -0.2) is 4.68 Å². The van der Waals surface area contributed by atoms with Crippen molar-refractivity contribution in [2.45, 2.75) is 13.1 Å². The van der Waals surface area contributed by atoms with Crippen LogP contribution in [0.3, 0.4) is 0 Å². The van der Waals surface area contributed by atoms with E-state index in [0.717, 1.165) is 0 Å². The second-order valence-corrected chi connectivity index (χ2v) is 7.93. The number of H-pyrrole nitrogens is 1. The van der Waals surface area contributed by atoms with Gasteiger partial charge in [0.15, 0.2) is 11.5 Å². The third-order valence-electron chi connectivity index (χ3n) is 5.97. The van der Waals surface area contributed by atoms with Gasteiger partial charge in [0.05, 0.1) is 22.5 Å². The largest absolute Gasteiger partial charge is 0.454 e. The van der Waals surface area contributed by atoms with E-state index >= 15 is 0 Å². The van der Waals surface area contributed by atoms with Gasteiger partial charge in [0.1, 0.15) is 6.17 Å². The number of ether oxygens (including phenoxy) is 2. The molecule has 0 bridgehead atoms. The predicted octanol–water partition coefficient (Wildman–Crippen LogP) is 3.97. The minimum absolute atomic E-state index is 0.135. The first kappa shape index (κ1) is 19.2. The number of carbonyl (C=O) groups excluding carboxylic acids is 1. The molecule has 0 saturated carbocycles. The molecular formula is C25H20N4O4. The quantitative estimate of drug-likeness (QED) is 0.503. The molecule has 2 aliphatic rings. The number of para-hydroxylation sites is 2. The number of carbonyl (C=O) groups is 1. The van der Waals surface area contributed by atoms with E-state index in [0.29, 0.717) is 45.4 Å². The Labute approximate surface area is 189 Å². The second-order valence-electron chi connectivity index (χ2n) is 7.93. The van der Waals surface area contributed by atoms with Crippen LogP contribution in [0.4, 0.5) is 11.4 Å². The fourth-order valence-corrected chi connectivity index (χ4v) is 4.40. The zero-order valence-electron chi connectivity index (χ0n) is 17.7. The Morgan fingerprint density at radius 3 is 2.48 bits per heavy atom. The number of aromatic nitrogens is 2. The number of rotatable bonds is 3. The molecule has 0 radical (unpaired) electrons. The molecule has 164 valence electrons. The van der Waals surface area contributed by atoms with Crippen molar-refractivity contribution in [2.24, 2.45) is 0 Å². The number of amides is 1. The van der Waals surface area contributed by atoms with E-state index in [2.05, 4.69) is 10.4 Å². The van der Waals surface area contributed by atoms with Crippen LogP contribution in [-0.4, -0.2) is 22.5 Å². The highest BCUT2D eigenvalue weighted by atomic mass is 16.7. The molecule has 2 N–H and O–H groups in total. The highest BCUT2D eigenvalue weighted by molar-refractivity contribution is 6.12. The van der Waals surface area contributed by atoms with Crippen molar-refractivity contribution in [1.82, 2.24) is 9.78 Å². The third kappa shape index (κ3) is 2.99. The molecule has 1 amide bonds. The number of benzene rings is 3. The summed E-state index contributed by atoms with van der Waals surface area (Å²) < 4.78 is 12.5. The van der Waals surface area contributed by atoms with E-state index in [-0.39, 0.29) is 18.3 Å². The lowest BCUT2D eigenvalue weighted by Crippen LogP contribution is -2.45. The average molecular weight is 440 g/mol. The Morgan fingerprint density at radius 2 is 1.64 bits per heavy atom. The summed E-state index contributed by atoms with van der Waals surface area (Å²) in [5.74, 6) is 0.974. The highest BCUT2D eigenvalue weighted by Gasteiger charge is 2.38. The van der Waals surface area contributed by atoms with Gasteiger partial charge in [0.2, 0.25) is 6.79 Å². The molecule has 4 aromatic rings. The zero-order chi connectivity index (χ0) is 22.5. The number of nitrogens with one attached hydrogen (secondary N) is 2. The summed E-state index contributed by atoms with van der Waals surface area (Å²) in [6.45, 7) is 1.97. The van der Waals surface area contributed by atoms with Gasteiger partial charge in [-0.15, -0.1) is 0 Å². The number of hydrogen-bond acceptors (Lipinski definition) is 5. The van der Waals surface area contributed by atoms with Crippen molar-refractivity contribution in [3.63, 3.8) is 0 Å². The van der Waals surface area contributed by atoms with Crippen LogP contribution in [0.1, 0.15) is 27.8 Å². The number of aryl methyl sites for hydroxylation is 1. The van der Waals surface area contributed by atoms with Crippen LogP contribution in [0, 0.1) is 6.92 Å².